The Labute approximate surface area is 146 Å². The molecule has 0 saturated carbocycles. The fraction of sp³-hybridized carbons (Fsp3) is 0.150. The van der Waals surface area contributed by atoms with Gasteiger partial charge >= 0.3 is 0 Å². The van der Waals surface area contributed by atoms with Gasteiger partial charge in [0.25, 0.3) is 5.91 Å². The molecule has 1 amide bonds. The van der Waals surface area contributed by atoms with Crippen LogP contribution in [0.1, 0.15) is 16.7 Å². The molecule has 5 nitrogen and oxygen atoms in total. The van der Waals surface area contributed by atoms with Gasteiger partial charge in [0.15, 0.2) is 0 Å². The fourth-order valence-corrected chi connectivity index (χ4v) is 2.76. The largest absolute Gasteiger partial charge is 0.361 e. The van der Waals surface area contributed by atoms with Crippen LogP contribution in [0.3, 0.4) is 0 Å². The summed E-state index contributed by atoms with van der Waals surface area (Å²) < 4.78 is 0. The first-order valence-corrected chi connectivity index (χ1v) is 8.23. The number of carbonyl (C=O) groups is 1. The molecule has 25 heavy (non-hydrogen) atoms. The van der Waals surface area contributed by atoms with E-state index in [-0.39, 0.29) is 0 Å². The van der Waals surface area contributed by atoms with E-state index in [2.05, 4.69) is 34.6 Å². The minimum absolute atomic E-state index is 0.544. The molecule has 0 bridgehead atoms. The summed E-state index contributed by atoms with van der Waals surface area (Å²) in [5.74, 6) is -0.544. The van der Waals surface area contributed by atoms with Crippen molar-refractivity contribution < 1.29 is 10.0 Å². The zero-order valence-electron chi connectivity index (χ0n) is 13.8. The Morgan fingerprint density at radius 1 is 1.16 bits per heavy atom. The van der Waals surface area contributed by atoms with Gasteiger partial charge in [0, 0.05) is 29.7 Å². The third-order valence-corrected chi connectivity index (χ3v) is 4.08. The van der Waals surface area contributed by atoms with E-state index in [1.165, 1.54) is 17.2 Å². The van der Waals surface area contributed by atoms with Crippen molar-refractivity contribution in [1.82, 2.24) is 15.8 Å². The maximum atomic E-state index is 11.1. The number of rotatable bonds is 7. The number of hydrogen-bond donors (Lipinski definition) is 4. The molecule has 0 aliphatic rings. The Hall–Kier alpha value is -2.89. The summed E-state index contributed by atoms with van der Waals surface area (Å²) in [7, 11) is 0. The van der Waals surface area contributed by atoms with Gasteiger partial charge in [0.2, 0.25) is 0 Å². The SMILES string of the molecule is O=C(/C=C/c1ccc2[nH]cc(CNCCc3ccccc3)c2c1)NO. The van der Waals surface area contributed by atoms with Crippen LogP contribution in [-0.4, -0.2) is 22.6 Å². The van der Waals surface area contributed by atoms with E-state index < -0.39 is 5.91 Å². The van der Waals surface area contributed by atoms with Gasteiger partial charge in [-0.3, -0.25) is 10.0 Å². The van der Waals surface area contributed by atoms with Gasteiger partial charge in [-0.2, -0.15) is 0 Å². The smallest absolute Gasteiger partial charge is 0.267 e. The van der Waals surface area contributed by atoms with Crippen LogP contribution >= 0.6 is 0 Å². The average molecular weight is 335 g/mol. The van der Waals surface area contributed by atoms with Gasteiger partial charge in [-0.1, -0.05) is 36.4 Å². The zero-order chi connectivity index (χ0) is 17.5. The van der Waals surface area contributed by atoms with E-state index in [9.17, 15) is 4.79 Å². The highest BCUT2D eigenvalue weighted by Gasteiger charge is 2.04. The molecule has 4 N–H and O–H groups in total. The predicted molar refractivity (Wildman–Crippen MR) is 99.1 cm³/mol. The number of nitrogens with one attached hydrogen (secondary N) is 3. The number of benzene rings is 2. The Morgan fingerprint density at radius 3 is 2.80 bits per heavy atom. The summed E-state index contributed by atoms with van der Waals surface area (Å²) in [4.78, 5) is 14.4. The van der Waals surface area contributed by atoms with Gasteiger partial charge < -0.3 is 10.3 Å². The minimum Gasteiger partial charge on any atom is -0.361 e. The number of H-pyrrole nitrogens is 1. The van der Waals surface area contributed by atoms with Crippen LogP contribution in [0.25, 0.3) is 17.0 Å². The topological polar surface area (TPSA) is 77.2 Å². The molecule has 0 atom stereocenters. The molecular formula is C20H21N3O2. The molecule has 5 heteroatoms. The van der Waals surface area contributed by atoms with E-state index in [0.717, 1.165) is 36.0 Å². The normalized spacial score (nSPS) is 11.2. The van der Waals surface area contributed by atoms with E-state index in [1.54, 1.807) is 11.6 Å². The highest BCUT2D eigenvalue weighted by atomic mass is 16.5. The molecule has 0 radical (unpaired) electrons. The summed E-state index contributed by atoms with van der Waals surface area (Å²) >= 11 is 0. The molecule has 0 aliphatic carbocycles. The van der Waals surface area contributed by atoms with Crippen LogP contribution in [-0.2, 0) is 17.8 Å². The number of hydrogen-bond acceptors (Lipinski definition) is 3. The van der Waals surface area contributed by atoms with Crippen LogP contribution in [0.4, 0.5) is 0 Å². The molecule has 128 valence electrons. The second kappa shape index (κ2) is 8.28. The molecule has 3 rings (SSSR count). The fourth-order valence-electron chi connectivity index (χ4n) is 2.76. The number of fused-ring (bicyclic) bond motifs is 1. The van der Waals surface area contributed by atoms with Crippen LogP contribution in [0.2, 0.25) is 0 Å². The summed E-state index contributed by atoms with van der Waals surface area (Å²) in [6.45, 7) is 1.68. The Morgan fingerprint density at radius 2 is 2.00 bits per heavy atom. The van der Waals surface area contributed by atoms with E-state index in [0.29, 0.717) is 0 Å². The number of carbonyl (C=O) groups excluding carboxylic acids is 1. The van der Waals surface area contributed by atoms with E-state index in [1.807, 2.05) is 30.5 Å². The molecule has 1 heterocycles. The monoisotopic (exact) mass is 335 g/mol. The van der Waals surface area contributed by atoms with Crippen molar-refractivity contribution >= 4 is 22.9 Å². The minimum atomic E-state index is -0.544. The van der Waals surface area contributed by atoms with Gasteiger partial charge in [0.05, 0.1) is 0 Å². The molecule has 1 aromatic heterocycles. The molecule has 0 unspecified atom stereocenters. The van der Waals surface area contributed by atoms with Crippen LogP contribution in [0.15, 0.2) is 60.8 Å². The first-order chi connectivity index (χ1) is 12.3. The highest BCUT2D eigenvalue weighted by Crippen LogP contribution is 2.20. The summed E-state index contributed by atoms with van der Waals surface area (Å²) in [5.41, 5.74) is 6.06. The molecule has 0 spiro atoms. The van der Waals surface area contributed by atoms with Gasteiger partial charge in [-0.15, -0.1) is 0 Å². The van der Waals surface area contributed by atoms with Gasteiger partial charge in [-0.25, -0.2) is 5.48 Å². The van der Waals surface area contributed by atoms with Crippen LogP contribution < -0.4 is 10.8 Å². The van der Waals surface area contributed by atoms with Crippen LogP contribution in [0, 0.1) is 0 Å². The molecule has 0 saturated heterocycles. The number of aromatic amines is 1. The van der Waals surface area contributed by atoms with Gasteiger partial charge in [0.1, 0.15) is 0 Å². The second-order valence-corrected chi connectivity index (χ2v) is 5.84. The predicted octanol–water partition coefficient (Wildman–Crippen LogP) is 3.02. The average Bonchev–Trinajstić information content (AvgIpc) is 3.06. The second-order valence-electron chi connectivity index (χ2n) is 5.84. The standard InChI is InChI=1S/C20H21N3O2/c24-20(23-25)9-7-16-6-8-19-18(12-16)17(14-22-19)13-21-11-10-15-4-2-1-3-5-15/h1-9,12,14,21-22,25H,10-11,13H2,(H,23,24)/b9-7+. The van der Waals surface area contributed by atoms with Crippen molar-refractivity contribution in [3.63, 3.8) is 0 Å². The van der Waals surface area contributed by atoms with Crippen molar-refractivity contribution in [3.05, 3.63) is 77.5 Å². The lowest BCUT2D eigenvalue weighted by atomic mass is 10.1. The van der Waals surface area contributed by atoms with Crippen molar-refractivity contribution in [2.75, 3.05) is 6.54 Å². The Kier molecular flexibility index (Phi) is 5.61. The zero-order valence-corrected chi connectivity index (χ0v) is 13.8. The molecule has 0 aliphatic heterocycles. The first kappa shape index (κ1) is 17.0. The number of aromatic nitrogens is 1. The molecular weight excluding hydrogens is 314 g/mol. The first-order valence-electron chi connectivity index (χ1n) is 8.23. The maximum absolute atomic E-state index is 11.1. The quantitative estimate of drug-likeness (QED) is 0.232. The van der Waals surface area contributed by atoms with Crippen molar-refractivity contribution in [2.24, 2.45) is 0 Å². The summed E-state index contributed by atoms with van der Waals surface area (Å²) in [6.07, 6.45) is 5.97. The summed E-state index contributed by atoms with van der Waals surface area (Å²) in [6, 6.07) is 16.3. The Balaban J connectivity index is 1.63. The highest BCUT2D eigenvalue weighted by molar-refractivity contribution is 5.92. The van der Waals surface area contributed by atoms with Crippen LogP contribution in [0.5, 0.6) is 0 Å². The maximum Gasteiger partial charge on any atom is 0.267 e. The molecule has 3 aromatic rings. The van der Waals surface area contributed by atoms with E-state index >= 15 is 0 Å². The van der Waals surface area contributed by atoms with Crippen molar-refractivity contribution in [3.8, 4) is 0 Å². The molecule has 2 aromatic carbocycles. The van der Waals surface area contributed by atoms with E-state index in [4.69, 9.17) is 5.21 Å². The number of hydroxylamine groups is 1. The van der Waals surface area contributed by atoms with Gasteiger partial charge in [-0.05, 0) is 47.9 Å². The third kappa shape index (κ3) is 4.56. The number of amides is 1. The third-order valence-electron chi connectivity index (χ3n) is 4.08. The lowest BCUT2D eigenvalue weighted by Crippen LogP contribution is -2.16. The Bertz CT molecular complexity index is 869. The van der Waals surface area contributed by atoms with Crippen molar-refractivity contribution in [1.29, 1.82) is 0 Å². The summed E-state index contributed by atoms with van der Waals surface area (Å²) in [5, 5.41) is 13.1. The van der Waals surface area contributed by atoms with Crippen molar-refractivity contribution in [2.45, 2.75) is 13.0 Å². The lowest BCUT2D eigenvalue weighted by molar-refractivity contribution is -0.124. The lowest BCUT2D eigenvalue weighted by Gasteiger charge is -2.05. The molecule has 0 fully saturated rings.